The molecule has 0 aliphatic carbocycles. The van der Waals surface area contributed by atoms with Gasteiger partial charge in [-0.05, 0) is 27.6 Å². The molecule has 1 aliphatic heterocycles. The molecule has 0 amide bonds. The molecule has 17 heavy (non-hydrogen) atoms. The maximum Gasteiger partial charge on any atom is 0.238 e. The minimum Gasteiger partial charge on any atom is -0.474 e. The highest BCUT2D eigenvalue weighted by Crippen LogP contribution is 2.35. The predicted molar refractivity (Wildman–Crippen MR) is 71.4 cm³/mol. The molecule has 0 bridgehead atoms. The number of halogens is 1. The van der Waals surface area contributed by atoms with Crippen molar-refractivity contribution in [3.8, 4) is 17.0 Å². The first-order valence-electron chi connectivity index (χ1n) is 5.47. The molecule has 0 atom stereocenters. The Balaban J connectivity index is 2.12. The number of anilines is 1. The minimum atomic E-state index is 0.664. The molecule has 1 aliphatic rings. The lowest BCUT2D eigenvalue weighted by atomic mass is 10.1. The summed E-state index contributed by atoms with van der Waals surface area (Å²) >= 11 is 3.49. The fraction of sp³-hybridized carbons (Fsp3) is 0.154. The van der Waals surface area contributed by atoms with Crippen molar-refractivity contribution in [2.24, 2.45) is 0 Å². The summed E-state index contributed by atoms with van der Waals surface area (Å²) < 4.78 is 6.30. The van der Waals surface area contributed by atoms with E-state index in [1.54, 1.807) is 0 Å². The fourth-order valence-electron chi connectivity index (χ4n) is 1.87. The number of nitrogens with one attached hydrogen (secondary N) is 1. The Labute approximate surface area is 108 Å². The standard InChI is InChI=1S/C13H11BrN2O/c14-12-10(9-4-2-1-3-5-9)8-11-13(16-12)17-7-6-15-11/h1-5,8,15H,6-7H2. The van der Waals surface area contributed by atoms with Crippen LogP contribution in [0.25, 0.3) is 11.1 Å². The molecule has 3 rings (SSSR count). The van der Waals surface area contributed by atoms with E-state index >= 15 is 0 Å². The summed E-state index contributed by atoms with van der Waals surface area (Å²) in [6, 6.07) is 12.2. The highest BCUT2D eigenvalue weighted by molar-refractivity contribution is 9.10. The zero-order chi connectivity index (χ0) is 11.7. The van der Waals surface area contributed by atoms with Crippen molar-refractivity contribution < 1.29 is 4.74 Å². The number of aromatic nitrogens is 1. The van der Waals surface area contributed by atoms with Crippen LogP contribution in [0, 0.1) is 0 Å². The molecule has 0 fully saturated rings. The number of hydrogen-bond acceptors (Lipinski definition) is 3. The molecule has 4 heteroatoms. The van der Waals surface area contributed by atoms with Crippen LogP contribution >= 0.6 is 15.9 Å². The van der Waals surface area contributed by atoms with E-state index in [-0.39, 0.29) is 0 Å². The Morgan fingerprint density at radius 1 is 1.24 bits per heavy atom. The molecule has 0 saturated carbocycles. The Kier molecular flexibility index (Phi) is 2.73. The van der Waals surface area contributed by atoms with E-state index in [4.69, 9.17) is 4.74 Å². The smallest absolute Gasteiger partial charge is 0.238 e. The third-order valence-corrected chi connectivity index (χ3v) is 3.29. The summed E-state index contributed by atoms with van der Waals surface area (Å²) in [5.74, 6) is 0.669. The van der Waals surface area contributed by atoms with E-state index in [9.17, 15) is 0 Å². The SMILES string of the molecule is Brc1nc2c(cc1-c1ccccc1)NCCO2. The van der Waals surface area contributed by atoms with E-state index in [0.717, 1.165) is 28.0 Å². The zero-order valence-electron chi connectivity index (χ0n) is 9.11. The van der Waals surface area contributed by atoms with E-state index in [2.05, 4.69) is 44.4 Å². The Hall–Kier alpha value is -1.55. The van der Waals surface area contributed by atoms with Gasteiger partial charge in [-0.1, -0.05) is 30.3 Å². The van der Waals surface area contributed by atoms with Crippen LogP contribution in [0.5, 0.6) is 5.88 Å². The summed E-state index contributed by atoms with van der Waals surface area (Å²) in [5.41, 5.74) is 3.17. The number of pyridine rings is 1. The Bertz CT molecular complexity index is 543. The van der Waals surface area contributed by atoms with Crippen molar-refractivity contribution >= 4 is 21.6 Å². The number of hydrogen-bond donors (Lipinski definition) is 1. The van der Waals surface area contributed by atoms with E-state index in [1.165, 1.54) is 0 Å². The molecular formula is C13H11BrN2O. The predicted octanol–water partition coefficient (Wildman–Crippen LogP) is 3.32. The highest BCUT2D eigenvalue weighted by Gasteiger charge is 2.15. The largest absolute Gasteiger partial charge is 0.474 e. The second-order valence-electron chi connectivity index (χ2n) is 3.82. The van der Waals surface area contributed by atoms with Crippen molar-refractivity contribution in [2.75, 3.05) is 18.5 Å². The molecule has 3 nitrogen and oxygen atoms in total. The van der Waals surface area contributed by atoms with Gasteiger partial charge in [-0.3, -0.25) is 0 Å². The fourth-order valence-corrected chi connectivity index (χ4v) is 2.37. The lowest BCUT2D eigenvalue weighted by molar-refractivity contribution is 0.310. The average molecular weight is 291 g/mol. The van der Waals surface area contributed by atoms with Crippen molar-refractivity contribution in [1.82, 2.24) is 4.98 Å². The van der Waals surface area contributed by atoms with E-state index < -0.39 is 0 Å². The van der Waals surface area contributed by atoms with E-state index in [0.29, 0.717) is 12.5 Å². The number of benzene rings is 1. The van der Waals surface area contributed by atoms with Gasteiger partial charge in [0.2, 0.25) is 5.88 Å². The van der Waals surface area contributed by atoms with Crippen LogP contribution in [0.2, 0.25) is 0 Å². The van der Waals surface area contributed by atoms with Gasteiger partial charge in [0, 0.05) is 12.1 Å². The normalized spacial score (nSPS) is 13.5. The topological polar surface area (TPSA) is 34.2 Å². The van der Waals surface area contributed by atoms with Gasteiger partial charge in [0.15, 0.2) is 0 Å². The van der Waals surface area contributed by atoms with Crippen LogP contribution in [-0.2, 0) is 0 Å². The summed E-state index contributed by atoms with van der Waals surface area (Å²) in [4.78, 5) is 4.42. The summed E-state index contributed by atoms with van der Waals surface area (Å²) in [5, 5.41) is 3.29. The van der Waals surface area contributed by atoms with Crippen LogP contribution in [0.4, 0.5) is 5.69 Å². The monoisotopic (exact) mass is 290 g/mol. The van der Waals surface area contributed by atoms with Gasteiger partial charge in [-0.25, -0.2) is 4.98 Å². The molecular weight excluding hydrogens is 280 g/mol. The zero-order valence-corrected chi connectivity index (χ0v) is 10.7. The average Bonchev–Trinajstić information content (AvgIpc) is 2.39. The molecule has 0 radical (unpaired) electrons. The molecule has 1 aromatic heterocycles. The quantitative estimate of drug-likeness (QED) is 0.818. The lowest BCUT2D eigenvalue weighted by Crippen LogP contribution is -2.19. The van der Waals surface area contributed by atoms with Gasteiger partial charge in [0.1, 0.15) is 11.2 Å². The Morgan fingerprint density at radius 2 is 2.06 bits per heavy atom. The summed E-state index contributed by atoms with van der Waals surface area (Å²) in [7, 11) is 0. The van der Waals surface area contributed by atoms with Crippen LogP contribution in [-0.4, -0.2) is 18.1 Å². The Morgan fingerprint density at radius 3 is 2.88 bits per heavy atom. The number of fused-ring (bicyclic) bond motifs is 1. The summed E-state index contributed by atoms with van der Waals surface area (Å²) in [6.45, 7) is 1.49. The van der Waals surface area contributed by atoms with Crippen molar-refractivity contribution in [1.29, 1.82) is 0 Å². The number of rotatable bonds is 1. The lowest BCUT2D eigenvalue weighted by Gasteiger charge is -2.19. The molecule has 0 spiro atoms. The third kappa shape index (κ3) is 2.00. The molecule has 0 unspecified atom stereocenters. The highest BCUT2D eigenvalue weighted by atomic mass is 79.9. The second-order valence-corrected chi connectivity index (χ2v) is 4.57. The third-order valence-electron chi connectivity index (χ3n) is 2.68. The number of nitrogens with zero attached hydrogens (tertiary/aromatic N) is 1. The molecule has 1 N–H and O–H groups in total. The van der Waals surface area contributed by atoms with Crippen LogP contribution in [0.1, 0.15) is 0 Å². The van der Waals surface area contributed by atoms with Crippen molar-refractivity contribution in [2.45, 2.75) is 0 Å². The molecule has 0 saturated heterocycles. The van der Waals surface area contributed by atoms with E-state index in [1.807, 2.05) is 18.2 Å². The number of ether oxygens (including phenoxy) is 1. The van der Waals surface area contributed by atoms with Gasteiger partial charge < -0.3 is 10.1 Å². The first-order chi connectivity index (χ1) is 8.34. The molecule has 2 heterocycles. The molecule has 1 aromatic carbocycles. The summed E-state index contributed by atoms with van der Waals surface area (Å²) in [6.07, 6.45) is 0. The van der Waals surface area contributed by atoms with Gasteiger partial charge in [-0.2, -0.15) is 0 Å². The second kappa shape index (κ2) is 4.37. The van der Waals surface area contributed by atoms with Gasteiger partial charge >= 0.3 is 0 Å². The minimum absolute atomic E-state index is 0.664. The van der Waals surface area contributed by atoms with Gasteiger partial charge in [0.05, 0.1) is 5.69 Å². The maximum atomic E-state index is 5.49. The van der Waals surface area contributed by atoms with Crippen LogP contribution in [0.15, 0.2) is 41.0 Å². The maximum absolute atomic E-state index is 5.49. The van der Waals surface area contributed by atoms with Gasteiger partial charge in [-0.15, -0.1) is 0 Å². The first kappa shape index (κ1) is 10.6. The molecule has 86 valence electrons. The molecule has 2 aromatic rings. The van der Waals surface area contributed by atoms with Crippen LogP contribution < -0.4 is 10.1 Å². The van der Waals surface area contributed by atoms with Crippen LogP contribution in [0.3, 0.4) is 0 Å². The van der Waals surface area contributed by atoms with Gasteiger partial charge in [0.25, 0.3) is 0 Å². The van der Waals surface area contributed by atoms with Crippen molar-refractivity contribution in [3.63, 3.8) is 0 Å². The first-order valence-corrected chi connectivity index (χ1v) is 6.26. The van der Waals surface area contributed by atoms with Crippen molar-refractivity contribution in [3.05, 3.63) is 41.0 Å².